The third kappa shape index (κ3) is 7.19. The van der Waals surface area contributed by atoms with Crippen LogP contribution in [0.15, 0.2) is 65.7 Å². The van der Waals surface area contributed by atoms with Crippen LogP contribution in [0.25, 0.3) is 0 Å². The third-order valence-electron chi connectivity index (χ3n) is 3.99. The van der Waals surface area contributed by atoms with Gasteiger partial charge in [-0.2, -0.15) is 0 Å². The quantitative estimate of drug-likeness (QED) is 0.310. The van der Waals surface area contributed by atoms with Gasteiger partial charge in [-0.1, -0.05) is 72.4 Å². The molecule has 0 heterocycles. The molecule has 0 unspecified atom stereocenters. The fourth-order valence-corrected chi connectivity index (χ4v) is 3.24. The molecular formula is C20H27N5S. The first kappa shape index (κ1) is 19.8. The molecule has 0 bridgehead atoms. The van der Waals surface area contributed by atoms with E-state index >= 15 is 0 Å². The summed E-state index contributed by atoms with van der Waals surface area (Å²) in [5.41, 5.74) is 13.8. The van der Waals surface area contributed by atoms with Crippen molar-refractivity contribution in [2.45, 2.75) is 18.8 Å². The maximum absolute atomic E-state index is 7.16. The molecule has 5 nitrogen and oxygen atoms in total. The Bertz CT molecular complexity index is 648. The Hall–Kier alpha value is -2.47. The second-order valence-electron chi connectivity index (χ2n) is 5.92. The van der Waals surface area contributed by atoms with Gasteiger partial charge in [-0.25, -0.2) is 0 Å². The lowest BCUT2D eigenvalue weighted by Crippen LogP contribution is -2.33. The predicted octanol–water partition coefficient (Wildman–Crippen LogP) is 3.13. The zero-order valence-electron chi connectivity index (χ0n) is 14.9. The van der Waals surface area contributed by atoms with Gasteiger partial charge in [0.25, 0.3) is 0 Å². The summed E-state index contributed by atoms with van der Waals surface area (Å²) in [6.45, 7) is 1.39. The number of hydrogen-bond donors (Lipinski definition) is 4. The number of benzene rings is 2. The minimum Gasteiger partial charge on any atom is -0.379 e. The Morgan fingerprint density at radius 3 is 2.12 bits per heavy atom. The van der Waals surface area contributed by atoms with Gasteiger partial charge in [0, 0.05) is 24.8 Å². The van der Waals surface area contributed by atoms with Crippen LogP contribution in [-0.4, -0.2) is 30.0 Å². The van der Waals surface area contributed by atoms with Crippen molar-refractivity contribution in [1.82, 2.24) is 5.32 Å². The lowest BCUT2D eigenvalue weighted by Gasteiger charge is -2.18. The lowest BCUT2D eigenvalue weighted by atomic mass is 9.88. The van der Waals surface area contributed by atoms with Gasteiger partial charge in [0.15, 0.2) is 11.1 Å². The number of nitrogens with zero attached hydrogens (tertiary/aromatic N) is 1. The number of rotatable bonds is 9. The summed E-state index contributed by atoms with van der Waals surface area (Å²) in [4.78, 5) is 4.32. The van der Waals surface area contributed by atoms with Gasteiger partial charge in [0.05, 0.1) is 0 Å². The number of hydrogen-bond acceptors (Lipinski definition) is 3. The number of amidine groups is 1. The average molecular weight is 370 g/mol. The van der Waals surface area contributed by atoms with E-state index in [0.717, 1.165) is 25.1 Å². The van der Waals surface area contributed by atoms with Crippen molar-refractivity contribution in [3.63, 3.8) is 0 Å². The van der Waals surface area contributed by atoms with Gasteiger partial charge < -0.3 is 16.8 Å². The fraction of sp³-hybridized carbons (Fsp3) is 0.300. The highest BCUT2D eigenvalue weighted by atomic mass is 32.2. The summed E-state index contributed by atoms with van der Waals surface area (Å²) in [7, 11) is 0. The number of aliphatic imine (C=N–C) groups is 1. The molecule has 2 aromatic rings. The second kappa shape index (κ2) is 11.2. The molecule has 138 valence electrons. The Kier molecular flexibility index (Phi) is 8.55. The van der Waals surface area contributed by atoms with Crippen LogP contribution in [0.3, 0.4) is 0 Å². The van der Waals surface area contributed by atoms with Gasteiger partial charge in [-0.3, -0.25) is 10.4 Å². The highest BCUT2D eigenvalue weighted by Gasteiger charge is 2.13. The van der Waals surface area contributed by atoms with E-state index in [2.05, 4.69) is 58.8 Å². The standard InChI is InChI=1S/C20H27N5S/c21-19(22)26-15-7-13-24-20(23)25-14-12-18(16-8-3-1-4-9-16)17-10-5-2-6-11-17/h1-6,8-11,18H,7,12-15H2,(H3,21,22)(H3,23,24,25). The van der Waals surface area contributed by atoms with Gasteiger partial charge in [-0.15, -0.1) is 0 Å². The zero-order valence-corrected chi connectivity index (χ0v) is 15.7. The molecule has 0 saturated carbocycles. The molecule has 0 amide bonds. The average Bonchev–Trinajstić information content (AvgIpc) is 2.66. The maximum Gasteiger partial charge on any atom is 0.188 e. The molecule has 0 aliphatic rings. The second-order valence-corrected chi connectivity index (χ2v) is 7.06. The van der Waals surface area contributed by atoms with E-state index in [1.807, 2.05) is 12.1 Å². The van der Waals surface area contributed by atoms with E-state index in [1.54, 1.807) is 0 Å². The van der Waals surface area contributed by atoms with E-state index < -0.39 is 0 Å². The predicted molar refractivity (Wildman–Crippen MR) is 113 cm³/mol. The maximum atomic E-state index is 7.16. The van der Waals surface area contributed by atoms with Crippen molar-refractivity contribution in [3.8, 4) is 0 Å². The van der Waals surface area contributed by atoms with Crippen molar-refractivity contribution in [2.75, 3.05) is 18.8 Å². The number of guanidine groups is 1. The summed E-state index contributed by atoms with van der Waals surface area (Å²) in [6, 6.07) is 21.1. The summed E-state index contributed by atoms with van der Waals surface area (Å²) >= 11 is 1.33. The van der Waals surface area contributed by atoms with E-state index in [-0.39, 0.29) is 5.17 Å². The molecule has 26 heavy (non-hydrogen) atoms. The molecule has 6 heteroatoms. The monoisotopic (exact) mass is 369 g/mol. The van der Waals surface area contributed by atoms with E-state index in [0.29, 0.717) is 18.4 Å². The molecule has 0 fully saturated rings. The molecule has 0 saturated heterocycles. The minimum atomic E-state index is 0.146. The largest absolute Gasteiger partial charge is 0.379 e. The fourth-order valence-electron chi connectivity index (χ4n) is 2.74. The summed E-state index contributed by atoms with van der Waals surface area (Å²) in [6.07, 6.45) is 1.79. The summed E-state index contributed by atoms with van der Waals surface area (Å²) < 4.78 is 0. The third-order valence-corrected chi connectivity index (χ3v) is 4.79. The summed E-state index contributed by atoms with van der Waals surface area (Å²) in [5, 5.41) is 10.5. The first-order valence-corrected chi connectivity index (χ1v) is 9.76. The lowest BCUT2D eigenvalue weighted by molar-refractivity contribution is 0.688. The van der Waals surface area contributed by atoms with Crippen LogP contribution >= 0.6 is 11.8 Å². The summed E-state index contributed by atoms with van der Waals surface area (Å²) in [5.74, 6) is 1.58. The molecule has 0 atom stereocenters. The van der Waals surface area contributed by atoms with Gasteiger partial charge >= 0.3 is 0 Å². The van der Waals surface area contributed by atoms with Crippen LogP contribution in [0.2, 0.25) is 0 Å². The molecule has 0 aliphatic carbocycles. The first-order chi connectivity index (χ1) is 12.7. The molecule has 0 spiro atoms. The highest BCUT2D eigenvalue weighted by Crippen LogP contribution is 2.27. The van der Waals surface area contributed by atoms with Crippen molar-refractivity contribution < 1.29 is 0 Å². The Labute approximate surface area is 159 Å². The number of nitrogens with two attached hydrogens (primary N) is 2. The van der Waals surface area contributed by atoms with Gasteiger partial charge in [0.1, 0.15) is 0 Å². The van der Waals surface area contributed by atoms with Gasteiger partial charge in [-0.05, 0) is 24.0 Å². The Morgan fingerprint density at radius 1 is 1.00 bits per heavy atom. The van der Waals surface area contributed by atoms with Gasteiger partial charge in [0.2, 0.25) is 0 Å². The molecule has 0 radical (unpaired) electrons. The molecule has 6 N–H and O–H groups in total. The van der Waals surface area contributed by atoms with Crippen LogP contribution in [0.4, 0.5) is 0 Å². The van der Waals surface area contributed by atoms with Crippen LogP contribution in [0.1, 0.15) is 29.9 Å². The molecule has 2 rings (SSSR count). The Balaban J connectivity index is 1.85. The molecule has 0 aromatic heterocycles. The van der Waals surface area contributed by atoms with Crippen LogP contribution in [0, 0.1) is 5.41 Å². The van der Waals surface area contributed by atoms with Crippen molar-refractivity contribution >= 4 is 22.9 Å². The zero-order chi connectivity index (χ0) is 18.6. The van der Waals surface area contributed by atoms with Crippen molar-refractivity contribution in [2.24, 2.45) is 16.5 Å². The smallest absolute Gasteiger partial charge is 0.188 e. The number of thioether (sulfide) groups is 1. The van der Waals surface area contributed by atoms with E-state index in [9.17, 15) is 0 Å². The normalized spacial score (nSPS) is 11.5. The van der Waals surface area contributed by atoms with E-state index in [4.69, 9.17) is 16.9 Å². The van der Waals surface area contributed by atoms with Crippen molar-refractivity contribution in [1.29, 1.82) is 5.41 Å². The van der Waals surface area contributed by atoms with Crippen molar-refractivity contribution in [3.05, 3.63) is 71.8 Å². The molecule has 2 aromatic carbocycles. The SMILES string of the molecule is N=C(N)SCCCN=C(N)NCCC(c1ccccc1)c1ccccc1. The van der Waals surface area contributed by atoms with E-state index in [1.165, 1.54) is 22.9 Å². The topological polar surface area (TPSA) is 100 Å². The van der Waals surface area contributed by atoms with Crippen LogP contribution in [0.5, 0.6) is 0 Å². The van der Waals surface area contributed by atoms with Crippen LogP contribution in [-0.2, 0) is 0 Å². The first-order valence-electron chi connectivity index (χ1n) is 8.77. The molecular weight excluding hydrogens is 342 g/mol. The molecule has 0 aliphatic heterocycles. The Morgan fingerprint density at radius 2 is 1.58 bits per heavy atom. The highest BCUT2D eigenvalue weighted by molar-refractivity contribution is 8.13. The van der Waals surface area contributed by atoms with Crippen LogP contribution < -0.4 is 16.8 Å². The number of nitrogens with one attached hydrogen (secondary N) is 2. The minimum absolute atomic E-state index is 0.146.